The number of nitrogens with one attached hydrogen (secondary N) is 2. The van der Waals surface area contributed by atoms with Gasteiger partial charge in [-0.2, -0.15) is 0 Å². The van der Waals surface area contributed by atoms with Crippen molar-refractivity contribution in [3.05, 3.63) is 88.1 Å². The highest BCUT2D eigenvalue weighted by Gasteiger charge is 2.19. The highest BCUT2D eigenvalue weighted by molar-refractivity contribution is 7.89. The average molecular weight is 471 g/mol. The summed E-state index contributed by atoms with van der Waals surface area (Å²) < 4.78 is 41.1. The van der Waals surface area contributed by atoms with E-state index in [0.717, 1.165) is 18.0 Å². The number of sulfonamides is 1. The molecular weight excluding hydrogens is 447 g/mol. The van der Waals surface area contributed by atoms with Crippen LogP contribution in [-0.4, -0.2) is 30.1 Å². The maximum absolute atomic E-state index is 13.4. The van der Waals surface area contributed by atoms with Crippen LogP contribution in [0.2, 0.25) is 0 Å². The normalized spacial score (nSPS) is 11.3. The van der Waals surface area contributed by atoms with Crippen LogP contribution >= 0.6 is 0 Å². The SMILES string of the molecule is CC(=O)c1ccc(CNS(=O)(=O)c2cc(C(=O)NCc3ccc(F)c(C)c3)ncn2)cc1C. The number of carbonyl (C=O) groups excluding carboxylic acids is 2. The number of nitrogens with zero attached hydrogens (tertiary/aromatic N) is 2. The number of aromatic nitrogens is 2. The molecule has 0 aliphatic rings. The van der Waals surface area contributed by atoms with E-state index in [1.54, 1.807) is 44.2 Å². The van der Waals surface area contributed by atoms with E-state index in [2.05, 4.69) is 20.0 Å². The third-order valence-corrected chi connectivity index (χ3v) is 6.26. The van der Waals surface area contributed by atoms with Crippen LogP contribution in [-0.2, 0) is 23.1 Å². The van der Waals surface area contributed by atoms with Crippen LogP contribution in [0.1, 0.15) is 50.0 Å². The summed E-state index contributed by atoms with van der Waals surface area (Å²) in [4.78, 5) is 31.6. The summed E-state index contributed by atoms with van der Waals surface area (Å²) >= 11 is 0. The standard InChI is InChI=1S/C23H23FN4O4S/c1-14-8-18(4-6-19(14)16(3)29)12-28-33(31,32)22-10-21(26-13-27-22)23(30)25-11-17-5-7-20(24)15(2)9-17/h4-10,13,28H,11-12H2,1-3H3,(H,25,30). The zero-order valence-corrected chi connectivity index (χ0v) is 19.2. The summed E-state index contributed by atoms with van der Waals surface area (Å²) in [6.45, 7) is 4.97. The number of aryl methyl sites for hydroxylation is 2. The van der Waals surface area contributed by atoms with Crippen LogP contribution in [0.3, 0.4) is 0 Å². The first-order valence-corrected chi connectivity index (χ1v) is 11.5. The summed E-state index contributed by atoms with van der Waals surface area (Å²) in [7, 11) is -4.02. The van der Waals surface area contributed by atoms with Gasteiger partial charge in [0.1, 0.15) is 17.8 Å². The topological polar surface area (TPSA) is 118 Å². The van der Waals surface area contributed by atoms with Gasteiger partial charge in [-0.15, -0.1) is 0 Å². The second-order valence-electron chi connectivity index (χ2n) is 7.54. The van der Waals surface area contributed by atoms with Crippen LogP contribution < -0.4 is 10.0 Å². The Labute approximate surface area is 191 Å². The van der Waals surface area contributed by atoms with Gasteiger partial charge in [0.05, 0.1) is 0 Å². The molecule has 172 valence electrons. The number of Topliss-reactive ketones (excluding diaryl/α,β-unsaturated/α-hetero) is 1. The minimum Gasteiger partial charge on any atom is -0.347 e. The minimum absolute atomic E-state index is 0.0171. The quantitative estimate of drug-likeness (QED) is 0.386. The Hall–Kier alpha value is -3.50. The molecule has 0 spiro atoms. The molecule has 0 atom stereocenters. The van der Waals surface area contributed by atoms with E-state index in [4.69, 9.17) is 0 Å². The Morgan fingerprint density at radius 1 is 0.939 bits per heavy atom. The van der Waals surface area contributed by atoms with E-state index >= 15 is 0 Å². The van der Waals surface area contributed by atoms with E-state index in [0.29, 0.717) is 22.3 Å². The molecule has 0 aliphatic heterocycles. The molecule has 2 N–H and O–H groups in total. The lowest BCUT2D eigenvalue weighted by Gasteiger charge is -2.10. The van der Waals surface area contributed by atoms with Crippen LogP contribution in [0.5, 0.6) is 0 Å². The molecule has 0 radical (unpaired) electrons. The summed E-state index contributed by atoms with van der Waals surface area (Å²) in [6, 6.07) is 10.6. The third-order valence-electron chi connectivity index (χ3n) is 4.96. The first-order valence-electron chi connectivity index (χ1n) is 10.0. The second-order valence-corrected chi connectivity index (χ2v) is 9.25. The molecule has 2 aromatic carbocycles. The van der Waals surface area contributed by atoms with Crippen LogP contribution in [0, 0.1) is 19.7 Å². The van der Waals surface area contributed by atoms with Crippen molar-refractivity contribution < 1.29 is 22.4 Å². The van der Waals surface area contributed by atoms with Crippen molar-refractivity contribution in [2.75, 3.05) is 0 Å². The number of carbonyl (C=O) groups is 2. The monoisotopic (exact) mass is 470 g/mol. The molecule has 0 bridgehead atoms. The van der Waals surface area contributed by atoms with Crippen molar-refractivity contribution in [3.8, 4) is 0 Å². The van der Waals surface area contributed by atoms with Gasteiger partial charge in [0.2, 0.25) is 0 Å². The van der Waals surface area contributed by atoms with Crippen molar-refractivity contribution in [2.45, 2.75) is 38.9 Å². The second kappa shape index (κ2) is 9.97. The van der Waals surface area contributed by atoms with Crippen molar-refractivity contribution in [1.29, 1.82) is 0 Å². The summed E-state index contributed by atoms with van der Waals surface area (Å²) in [5, 5.41) is 2.27. The van der Waals surface area contributed by atoms with Gasteiger partial charge >= 0.3 is 0 Å². The minimum atomic E-state index is -4.02. The fourth-order valence-electron chi connectivity index (χ4n) is 3.18. The number of amides is 1. The fraction of sp³-hybridized carbons (Fsp3) is 0.217. The van der Waals surface area contributed by atoms with E-state index in [9.17, 15) is 22.4 Å². The Morgan fingerprint density at radius 3 is 2.27 bits per heavy atom. The molecule has 3 aromatic rings. The number of hydrogen-bond acceptors (Lipinski definition) is 6. The van der Waals surface area contributed by atoms with E-state index in [1.807, 2.05) is 0 Å². The lowest BCUT2D eigenvalue weighted by Crippen LogP contribution is -2.27. The molecule has 1 amide bonds. The molecule has 10 heteroatoms. The van der Waals surface area contributed by atoms with E-state index in [1.165, 1.54) is 13.0 Å². The Balaban J connectivity index is 1.68. The van der Waals surface area contributed by atoms with Gasteiger partial charge in [-0.3, -0.25) is 9.59 Å². The molecule has 0 unspecified atom stereocenters. The molecule has 1 aromatic heterocycles. The summed E-state index contributed by atoms with van der Waals surface area (Å²) in [5.41, 5.74) is 3.01. The first-order chi connectivity index (χ1) is 15.6. The maximum atomic E-state index is 13.4. The maximum Gasteiger partial charge on any atom is 0.270 e. The first kappa shape index (κ1) is 24.1. The fourth-order valence-corrected chi connectivity index (χ4v) is 4.14. The van der Waals surface area contributed by atoms with Gasteiger partial charge < -0.3 is 5.32 Å². The average Bonchev–Trinajstić information content (AvgIpc) is 2.78. The number of halogens is 1. The molecule has 0 saturated carbocycles. The lowest BCUT2D eigenvalue weighted by atomic mass is 10.0. The van der Waals surface area contributed by atoms with Crippen molar-refractivity contribution in [3.63, 3.8) is 0 Å². The largest absolute Gasteiger partial charge is 0.347 e. The van der Waals surface area contributed by atoms with Crippen LogP contribution in [0.25, 0.3) is 0 Å². The van der Waals surface area contributed by atoms with Crippen molar-refractivity contribution in [1.82, 2.24) is 20.0 Å². The molecule has 0 aliphatic carbocycles. The van der Waals surface area contributed by atoms with Gasteiger partial charge in [0.15, 0.2) is 10.8 Å². The lowest BCUT2D eigenvalue weighted by molar-refractivity contribution is 0.0944. The molecule has 3 rings (SSSR count). The van der Waals surface area contributed by atoms with Crippen LogP contribution in [0.15, 0.2) is 53.8 Å². The Morgan fingerprint density at radius 2 is 1.61 bits per heavy atom. The molecule has 1 heterocycles. The number of benzene rings is 2. The Bertz CT molecular complexity index is 1330. The van der Waals surface area contributed by atoms with Gasteiger partial charge in [0.25, 0.3) is 15.9 Å². The predicted molar refractivity (Wildman–Crippen MR) is 120 cm³/mol. The molecule has 0 fully saturated rings. The van der Waals surface area contributed by atoms with Crippen molar-refractivity contribution >= 4 is 21.7 Å². The number of ketones is 1. The van der Waals surface area contributed by atoms with E-state index in [-0.39, 0.29) is 35.4 Å². The summed E-state index contributed by atoms with van der Waals surface area (Å²) in [5.74, 6) is -1.000. The molecular formula is C23H23FN4O4S. The summed E-state index contributed by atoms with van der Waals surface area (Å²) in [6.07, 6.45) is 0.997. The van der Waals surface area contributed by atoms with Crippen molar-refractivity contribution in [2.24, 2.45) is 0 Å². The smallest absolute Gasteiger partial charge is 0.270 e. The molecule has 0 saturated heterocycles. The van der Waals surface area contributed by atoms with Gasteiger partial charge in [-0.05, 0) is 49.1 Å². The predicted octanol–water partition coefficient (Wildman–Crippen LogP) is 2.84. The van der Waals surface area contributed by atoms with Crippen LogP contribution in [0.4, 0.5) is 4.39 Å². The van der Waals surface area contributed by atoms with Gasteiger partial charge in [-0.25, -0.2) is 27.5 Å². The highest BCUT2D eigenvalue weighted by atomic mass is 32.2. The number of rotatable bonds is 8. The highest BCUT2D eigenvalue weighted by Crippen LogP contribution is 2.14. The van der Waals surface area contributed by atoms with Gasteiger partial charge in [0, 0.05) is 24.7 Å². The zero-order chi connectivity index (χ0) is 24.2. The van der Waals surface area contributed by atoms with E-state index < -0.39 is 15.9 Å². The third kappa shape index (κ3) is 6.05. The van der Waals surface area contributed by atoms with Gasteiger partial charge in [-0.1, -0.05) is 30.3 Å². The molecule has 33 heavy (non-hydrogen) atoms. The zero-order valence-electron chi connectivity index (χ0n) is 18.3. The Kier molecular flexibility index (Phi) is 7.29. The number of hydrogen-bond donors (Lipinski definition) is 2. The molecule has 8 nitrogen and oxygen atoms in total.